The predicted molar refractivity (Wildman–Crippen MR) is 249 cm³/mol. The van der Waals surface area contributed by atoms with Gasteiger partial charge in [0.15, 0.2) is 11.9 Å². The van der Waals surface area contributed by atoms with Crippen LogP contribution in [0.1, 0.15) is 57.9 Å². The van der Waals surface area contributed by atoms with Gasteiger partial charge in [-0.15, -0.1) is 0 Å². The van der Waals surface area contributed by atoms with Crippen LogP contribution in [-0.4, -0.2) is 179 Å². The lowest BCUT2D eigenvalue weighted by molar-refractivity contribution is -0.144. The van der Waals surface area contributed by atoms with E-state index in [1.54, 1.807) is 0 Å². The fraction of sp³-hybridized carbons (Fsp3) is 0.561. The quantitative estimate of drug-likeness (QED) is 0.0201. The van der Waals surface area contributed by atoms with Crippen molar-refractivity contribution in [3.63, 3.8) is 0 Å². The Morgan fingerprint density at radius 3 is 1.76 bits per heavy atom. The van der Waals surface area contributed by atoms with Gasteiger partial charge in [0.1, 0.15) is 48.0 Å². The number of nitrogens with one attached hydrogen (secondary N) is 8. The zero-order chi connectivity index (χ0) is 52.5. The van der Waals surface area contributed by atoms with E-state index in [4.69, 9.17) is 33.8 Å². The molecule has 0 unspecified atom stereocenters. The average Bonchev–Trinajstić information content (AvgIpc) is 3.81. The van der Waals surface area contributed by atoms with E-state index in [1.807, 2.05) is 0 Å². The Morgan fingerprint density at radius 1 is 0.671 bits per heavy atom. The largest absolute Gasteiger partial charge is 0.508 e. The molecule has 1 aromatic rings. The molecule has 1 aliphatic rings. The molecule has 1 aromatic carbocycles. The molecule has 0 bridgehead atoms. The van der Waals surface area contributed by atoms with Crippen LogP contribution in [0.4, 0.5) is 0 Å². The second kappa shape index (κ2) is 29.8. The lowest BCUT2D eigenvalue weighted by atomic mass is 10.0. The Kier molecular flexibility index (Phi) is 24.8. The highest BCUT2D eigenvalue weighted by atomic mass is 16.4. The Bertz CT molecular complexity index is 2060. The number of aromatic hydroxyl groups is 1. The minimum Gasteiger partial charge on any atom is -0.508 e. The second-order valence-corrected chi connectivity index (χ2v) is 16.1. The molecule has 1 heterocycles. The number of guanidine groups is 2. The summed E-state index contributed by atoms with van der Waals surface area (Å²) in [5.74, 6) is -9.06. The van der Waals surface area contributed by atoms with Crippen LogP contribution in [0.25, 0.3) is 0 Å². The normalized spacial score (nSPS) is 15.4. The van der Waals surface area contributed by atoms with Crippen molar-refractivity contribution in [2.75, 3.05) is 45.9 Å². The van der Waals surface area contributed by atoms with Crippen LogP contribution >= 0.6 is 0 Å². The van der Waals surface area contributed by atoms with E-state index in [1.165, 1.54) is 43.0 Å². The lowest BCUT2D eigenvalue weighted by Crippen LogP contribution is -2.59. The number of aliphatic hydroxyl groups is 1. The third kappa shape index (κ3) is 21.4. The number of carbonyl (C=O) groups excluding carboxylic acids is 9. The van der Waals surface area contributed by atoms with Gasteiger partial charge < -0.3 is 91.4 Å². The number of likely N-dealkylation sites (tertiary alicyclic amines) is 1. The summed E-state index contributed by atoms with van der Waals surface area (Å²) in [7, 11) is 0. The van der Waals surface area contributed by atoms with Crippen LogP contribution in [0.3, 0.4) is 0 Å². The monoisotopic (exact) mass is 990 g/mol. The molecule has 0 aromatic heterocycles. The summed E-state index contributed by atoms with van der Waals surface area (Å²) in [6.07, 6.45) is 0.650. The number of amides is 9. The molecule has 0 aliphatic carbocycles. The number of carboxylic acid groups (broad SMARTS) is 1. The number of nitrogens with zero attached hydrogens (tertiary/aromatic N) is 3. The Balaban J connectivity index is 2.26. The SMILES string of the molecule is C[C@H](NC(=O)[C@@H]1CCCN1C(=O)[C@H](CCCN=C(N)N)NC(=O)[C@H](C)NC(=O)[C@H](CCCN=C(N)N)NC(=O)[C@H](Cc1ccc(O)cc1)NC(=O)CNC(=O)CNC(=O)CNC(=O)[C@@H](N)CO)C(=O)O. The zero-order valence-electron chi connectivity index (χ0n) is 38.9. The van der Waals surface area contributed by atoms with Gasteiger partial charge in [-0.25, -0.2) is 0 Å². The van der Waals surface area contributed by atoms with E-state index >= 15 is 0 Å². The molecule has 0 spiro atoms. The number of hydrogen-bond donors (Lipinski definition) is 16. The van der Waals surface area contributed by atoms with Crippen LogP contribution in [0.15, 0.2) is 34.3 Å². The van der Waals surface area contributed by atoms with Gasteiger partial charge in [0.05, 0.1) is 26.2 Å². The third-order valence-corrected chi connectivity index (χ3v) is 10.3. The predicted octanol–water partition coefficient (Wildman–Crippen LogP) is -7.75. The molecule has 1 aliphatic heterocycles. The number of aliphatic carboxylic acids is 1. The standard InChI is InChI=1S/C41H66N16O13/c1-21(33(63)56-27(7-4-14-48-41(45)46)38(68)57-15-5-8-29(57)37(67)53-22(2)39(69)70)52-35(65)26(6-3-13-47-40(43)44)55-36(66)28(16-23-9-11-24(59)12-10-23)54-32(62)19-50-30(60)17-49-31(61)18-51-34(64)25(42)20-58/h9-12,21-22,25-29,58-59H,3-8,13-20,42H2,1-2H3,(H,49,61)(H,50,60)(H,51,64)(H,52,65)(H,53,67)(H,54,62)(H,55,66)(H,56,63)(H,69,70)(H4,43,44,47)(H4,45,46,48)/t21-,22-,25-,26-,27-,28-,29-/m0/s1. The van der Waals surface area contributed by atoms with Gasteiger partial charge in [0.25, 0.3) is 0 Å². The molecule has 0 radical (unpaired) electrons. The number of nitrogens with two attached hydrogens (primary N) is 5. The van der Waals surface area contributed by atoms with E-state index in [0.29, 0.717) is 12.0 Å². The van der Waals surface area contributed by atoms with Crippen molar-refractivity contribution in [3.8, 4) is 5.75 Å². The zero-order valence-corrected chi connectivity index (χ0v) is 38.9. The first-order valence-electron chi connectivity index (χ1n) is 22.1. The summed E-state index contributed by atoms with van der Waals surface area (Å²) in [6.45, 7) is 0.298. The molecule has 1 saturated heterocycles. The van der Waals surface area contributed by atoms with Crippen molar-refractivity contribution in [3.05, 3.63) is 29.8 Å². The average molecular weight is 991 g/mol. The summed E-state index contributed by atoms with van der Waals surface area (Å²) >= 11 is 0. The van der Waals surface area contributed by atoms with E-state index in [9.17, 15) is 58.2 Å². The number of carboxylic acids is 1. The van der Waals surface area contributed by atoms with E-state index < -0.39 is 128 Å². The molecule has 9 amide bonds. The van der Waals surface area contributed by atoms with Crippen molar-refractivity contribution in [2.24, 2.45) is 38.7 Å². The molecule has 70 heavy (non-hydrogen) atoms. The maximum Gasteiger partial charge on any atom is 0.325 e. The summed E-state index contributed by atoms with van der Waals surface area (Å²) in [5.41, 5.74) is 27.6. The van der Waals surface area contributed by atoms with Gasteiger partial charge in [-0.2, -0.15) is 0 Å². The van der Waals surface area contributed by atoms with Crippen molar-refractivity contribution < 1.29 is 63.3 Å². The first-order chi connectivity index (χ1) is 33.0. The van der Waals surface area contributed by atoms with Gasteiger partial charge in [-0.3, -0.25) is 57.9 Å². The molecule has 21 N–H and O–H groups in total. The molecule has 29 nitrogen and oxygen atoms in total. The summed E-state index contributed by atoms with van der Waals surface area (Å²) < 4.78 is 0. The first kappa shape index (κ1) is 58.3. The number of hydrogen-bond acceptors (Lipinski definition) is 15. The number of aliphatic hydroxyl groups excluding tert-OH is 1. The van der Waals surface area contributed by atoms with Gasteiger partial charge in [0, 0.05) is 26.1 Å². The number of benzene rings is 1. The maximum atomic E-state index is 14.0. The van der Waals surface area contributed by atoms with Crippen molar-refractivity contribution in [1.29, 1.82) is 0 Å². The second-order valence-electron chi connectivity index (χ2n) is 16.1. The van der Waals surface area contributed by atoms with Crippen LogP contribution < -0.4 is 71.2 Å². The van der Waals surface area contributed by atoms with Gasteiger partial charge in [-0.1, -0.05) is 12.1 Å². The molecule has 2 rings (SSSR count). The minimum atomic E-state index is -1.41. The van der Waals surface area contributed by atoms with E-state index in [-0.39, 0.29) is 75.8 Å². The lowest BCUT2D eigenvalue weighted by Gasteiger charge is -2.30. The van der Waals surface area contributed by atoms with Crippen LogP contribution in [0.5, 0.6) is 5.75 Å². The number of phenolic OH excluding ortho intramolecular Hbond substituents is 1. The topological polar surface area (TPSA) is 486 Å². The molecular formula is C41H66N16O13. The molecule has 29 heteroatoms. The van der Waals surface area contributed by atoms with Crippen LogP contribution in [0, 0.1) is 0 Å². The highest BCUT2D eigenvalue weighted by Gasteiger charge is 2.39. The number of carbonyl (C=O) groups is 10. The minimum absolute atomic E-state index is 0.0141. The Morgan fingerprint density at radius 2 is 1.20 bits per heavy atom. The molecule has 1 fully saturated rings. The number of rotatable bonds is 29. The van der Waals surface area contributed by atoms with E-state index in [0.717, 1.165) is 0 Å². The maximum absolute atomic E-state index is 14.0. The highest BCUT2D eigenvalue weighted by molar-refractivity contribution is 5.97. The highest BCUT2D eigenvalue weighted by Crippen LogP contribution is 2.20. The summed E-state index contributed by atoms with van der Waals surface area (Å²) in [5, 5.41) is 47.2. The number of aliphatic imine (C=N–C) groups is 2. The molecule has 388 valence electrons. The van der Waals surface area contributed by atoms with Crippen molar-refractivity contribution in [2.45, 2.75) is 101 Å². The fourth-order valence-corrected chi connectivity index (χ4v) is 6.54. The van der Waals surface area contributed by atoms with Gasteiger partial charge >= 0.3 is 5.97 Å². The van der Waals surface area contributed by atoms with Crippen LogP contribution in [0.2, 0.25) is 0 Å². The Hall–Kier alpha value is -7.82. The van der Waals surface area contributed by atoms with Crippen molar-refractivity contribution >= 4 is 71.1 Å². The smallest absolute Gasteiger partial charge is 0.325 e. The Labute approximate surface area is 402 Å². The molecule has 0 saturated carbocycles. The van der Waals surface area contributed by atoms with Gasteiger partial charge in [0.2, 0.25) is 53.2 Å². The fourth-order valence-electron chi connectivity index (χ4n) is 6.54. The van der Waals surface area contributed by atoms with Crippen molar-refractivity contribution in [1.82, 2.24) is 47.4 Å². The number of phenols is 1. The van der Waals surface area contributed by atoms with E-state index in [2.05, 4.69) is 52.5 Å². The first-order valence-corrected chi connectivity index (χ1v) is 22.1. The summed E-state index contributed by atoms with van der Waals surface area (Å²) in [6, 6.07) is -3.31. The van der Waals surface area contributed by atoms with Crippen LogP contribution in [-0.2, 0) is 54.4 Å². The molecular weight excluding hydrogens is 925 g/mol. The van der Waals surface area contributed by atoms with Gasteiger partial charge in [-0.05, 0) is 70.1 Å². The molecule has 7 atom stereocenters. The summed E-state index contributed by atoms with van der Waals surface area (Å²) in [4.78, 5) is 138. The third-order valence-electron chi connectivity index (χ3n) is 10.3.